The summed E-state index contributed by atoms with van der Waals surface area (Å²) in [5, 5.41) is 16.4. The number of carboxylic acid groups (broad SMARTS) is 1. The molecule has 5 nitrogen and oxygen atoms in total. The Kier molecular flexibility index (Phi) is 4.98. The minimum atomic E-state index is -1.06. The second-order valence-electron chi connectivity index (χ2n) is 4.33. The van der Waals surface area contributed by atoms with Crippen LogP contribution in [-0.2, 0) is 6.54 Å². The van der Waals surface area contributed by atoms with E-state index in [2.05, 4.69) is 26.6 Å². The maximum absolute atomic E-state index is 11.8. The van der Waals surface area contributed by atoms with Crippen molar-refractivity contribution in [3.63, 3.8) is 0 Å². The van der Waals surface area contributed by atoms with Crippen molar-refractivity contribution in [1.82, 2.24) is 5.32 Å². The molecule has 0 saturated heterocycles. The van der Waals surface area contributed by atoms with Gasteiger partial charge in [0.1, 0.15) is 0 Å². The number of carbonyl (C=O) groups is 2. The van der Waals surface area contributed by atoms with E-state index in [0.29, 0.717) is 16.7 Å². The molecule has 3 N–H and O–H groups in total. The largest absolute Gasteiger partial charge is 0.478 e. The first-order valence-electron chi connectivity index (χ1n) is 6.08. The molecule has 21 heavy (non-hydrogen) atoms. The van der Waals surface area contributed by atoms with Crippen LogP contribution in [0.2, 0.25) is 0 Å². The fraction of sp³-hybridized carbons (Fsp3) is 0.143. The molecular weight excluding hydrogens is 356 g/mol. The van der Waals surface area contributed by atoms with Crippen molar-refractivity contribution in [3.05, 3.63) is 50.1 Å². The Labute approximate surface area is 134 Å². The molecule has 1 aromatic heterocycles. The number of hydrogen-bond donors (Lipinski definition) is 3. The summed E-state index contributed by atoms with van der Waals surface area (Å²) in [6, 6.07) is 6.24. The van der Waals surface area contributed by atoms with Gasteiger partial charge in [-0.1, -0.05) is 0 Å². The molecule has 1 aromatic carbocycles. The van der Waals surface area contributed by atoms with E-state index in [1.165, 1.54) is 6.07 Å². The first-order chi connectivity index (χ1) is 9.97. The van der Waals surface area contributed by atoms with Gasteiger partial charge in [0.05, 0.1) is 12.1 Å². The van der Waals surface area contributed by atoms with Crippen LogP contribution in [0, 0.1) is 6.92 Å². The first kappa shape index (κ1) is 15.5. The molecule has 7 heteroatoms. The van der Waals surface area contributed by atoms with Crippen LogP contribution < -0.4 is 10.6 Å². The van der Waals surface area contributed by atoms with Crippen molar-refractivity contribution >= 4 is 45.0 Å². The number of anilines is 1. The van der Waals surface area contributed by atoms with Crippen LogP contribution >= 0.6 is 27.3 Å². The zero-order chi connectivity index (χ0) is 15.4. The van der Waals surface area contributed by atoms with Gasteiger partial charge in [-0.15, -0.1) is 11.3 Å². The zero-order valence-corrected chi connectivity index (χ0v) is 13.5. The van der Waals surface area contributed by atoms with Crippen molar-refractivity contribution < 1.29 is 14.7 Å². The third kappa shape index (κ3) is 4.05. The number of amides is 2. The van der Waals surface area contributed by atoms with Crippen LogP contribution in [0.25, 0.3) is 0 Å². The highest BCUT2D eigenvalue weighted by Gasteiger charge is 2.10. The predicted octanol–water partition coefficient (Wildman–Crippen LogP) is 3.84. The lowest BCUT2D eigenvalue weighted by Gasteiger charge is -2.09. The summed E-state index contributed by atoms with van der Waals surface area (Å²) >= 11 is 4.73. The lowest BCUT2D eigenvalue weighted by molar-refractivity contribution is 0.0696. The molecule has 0 radical (unpaired) electrons. The molecule has 2 rings (SSSR count). The summed E-state index contributed by atoms with van der Waals surface area (Å²) in [6.45, 7) is 2.43. The van der Waals surface area contributed by atoms with E-state index in [4.69, 9.17) is 5.11 Å². The first-order valence-corrected chi connectivity index (χ1v) is 7.75. The van der Waals surface area contributed by atoms with Crippen LogP contribution in [0.4, 0.5) is 10.5 Å². The zero-order valence-electron chi connectivity index (χ0n) is 11.1. The van der Waals surface area contributed by atoms with E-state index >= 15 is 0 Å². The van der Waals surface area contributed by atoms with E-state index in [1.807, 2.05) is 18.4 Å². The van der Waals surface area contributed by atoms with Gasteiger partial charge >= 0.3 is 12.0 Å². The normalized spacial score (nSPS) is 10.2. The Morgan fingerprint density at radius 3 is 2.71 bits per heavy atom. The van der Waals surface area contributed by atoms with Crippen molar-refractivity contribution in [3.8, 4) is 0 Å². The number of halogens is 1. The standard InChI is InChI=1S/C14H13BrN2O3S/c1-8-4-5-21-12(8)7-16-14(20)17-9-2-3-11(15)10(6-9)13(18)19/h2-6H,7H2,1H3,(H,18,19)(H2,16,17,20). The monoisotopic (exact) mass is 368 g/mol. The molecule has 0 bridgehead atoms. The summed E-state index contributed by atoms with van der Waals surface area (Å²) in [6.07, 6.45) is 0. The average molecular weight is 369 g/mol. The second kappa shape index (κ2) is 6.73. The molecule has 0 spiro atoms. The number of urea groups is 1. The maximum atomic E-state index is 11.8. The van der Waals surface area contributed by atoms with E-state index in [-0.39, 0.29) is 11.6 Å². The van der Waals surface area contributed by atoms with Gasteiger partial charge in [-0.3, -0.25) is 0 Å². The molecule has 2 amide bonds. The highest BCUT2D eigenvalue weighted by atomic mass is 79.9. The van der Waals surface area contributed by atoms with Gasteiger partial charge in [0.2, 0.25) is 0 Å². The van der Waals surface area contributed by atoms with Gasteiger partial charge in [-0.2, -0.15) is 0 Å². The molecular formula is C14H13BrN2O3S. The molecule has 0 unspecified atom stereocenters. The Morgan fingerprint density at radius 1 is 1.33 bits per heavy atom. The van der Waals surface area contributed by atoms with Crippen LogP contribution in [0.3, 0.4) is 0 Å². The molecule has 0 fully saturated rings. The molecule has 2 aromatic rings. The molecule has 0 aliphatic heterocycles. The van der Waals surface area contributed by atoms with Crippen molar-refractivity contribution in [2.75, 3.05) is 5.32 Å². The number of hydrogen-bond acceptors (Lipinski definition) is 3. The summed E-state index contributed by atoms with van der Waals surface area (Å²) in [4.78, 5) is 23.9. The number of carboxylic acids is 1. The van der Waals surface area contributed by atoms with Crippen LogP contribution in [0.1, 0.15) is 20.8 Å². The number of benzene rings is 1. The third-order valence-corrected chi connectivity index (χ3v) is 4.55. The van der Waals surface area contributed by atoms with Gasteiger partial charge in [0.25, 0.3) is 0 Å². The third-order valence-electron chi connectivity index (χ3n) is 2.83. The van der Waals surface area contributed by atoms with Crippen LogP contribution in [0.15, 0.2) is 34.1 Å². The van der Waals surface area contributed by atoms with Gasteiger partial charge in [0.15, 0.2) is 0 Å². The number of aromatic carboxylic acids is 1. The Bertz CT molecular complexity index is 685. The summed E-state index contributed by atoms with van der Waals surface area (Å²) in [5.41, 5.74) is 1.66. The lowest BCUT2D eigenvalue weighted by Crippen LogP contribution is -2.28. The second-order valence-corrected chi connectivity index (χ2v) is 6.19. The van der Waals surface area contributed by atoms with Gasteiger partial charge in [-0.25, -0.2) is 9.59 Å². The molecule has 0 aliphatic rings. The molecule has 110 valence electrons. The fourth-order valence-electron chi connectivity index (χ4n) is 1.69. The van der Waals surface area contributed by atoms with Crippen molar-refractivity contribution in [2.24, 2.45) is 0 Å². The highest BCUT2D eigenvalue weighted by molar-refractivity contribution is 9.10. The van der Waals surface area contributed by atoms with Crippen molar-refractivity contribution in [2.45, 2.75) is 13.5 Å². The topological polar surface area (TPSA) is 78.4 Å². The van der Waals surface area contributed by atoms with Crippen LogP contribution in [-0.4, -0.2) is 17.1 Å². The summed E-state index contributed by atoms with van der Waals surface area (Å²) < 4.78 is 0.468. The Balaban J connectivity index is 1.98. The number of aryl methyl sites for hydroxylation is 1. The molecule has 1 heterocycles. The molecule has 0 atom stereocenters. The van der Waals surface area contributed by atoms with Crippen molar-refractivity contribution in [1.29, 1.82) is 0 Å². The minimum absolute atomic E-state index is 0.0990. The lowest BCUT2D eigenvalue weighted by atomic mass is 10.2. The number of carbonyl (C=O) groups excluding carboxylic acids is 1. The number of nitrogens with one attached hydrogen (secondary N) is 2. The summed E-state index contributed by atoms with van der Waals surface area (Å²) in [7, 11) is 0. The average Bonchev–Trinajstić information content (AvgIpc) is 2.84. The predicted molar refractivity (Wildman–Crippen MR) is 86.0 cm³/mol. The van der Waals surface area contributed by atoms with E-state index in [0.717, 1.165) is 10.4 Å². The quantitative estimate of drug-likeness (QED) is 0.766. The Morgan fingerprint density at radius 2 is 2.10 bits per heavy atom. The smallest absolute Gasteiger partial charge is 0.336 e. The minimum Gasteiger partial charge on any atom is -0.478 e. The van der Waals surface area contributed by atoms with Crippen LogP contribution in [0.5, 0.6) is 0 Å². The number of rotatable bonds is 4. The molecule has 0 aliphatic carbocycles. The van der Waals surface area contributed by atoms with Gasteiger partial charge in [-0.05, 0) is 58.1 Å². The molecule has 0 saturated carbocycles. The fourth-order valence-corrected chi connectivity index (χ4v) is 2.95. The van der Waals surface area contributed by atoms with E-state index < -0.39 is 5.97 Å². The number of thiophene rings is 1. The van der Waals surface area contributed by atoms with E-state index in [9.17, 15) is 9.59 Å². The summed E-state index contributed by atoms with van der Waals surface area (Å²) in [5.74, 6) is -1.06. The van der Waals surface area contributed by atoms with Gasteiger partial charge < -0.3 is 15.7 Å². The SMILES string of the molecule is Cc1ccsc1CNC(=O)Nc1ccc(Br)c(C(=O)O)c1. The maximum Gasteiger partial charge on any atom is 0.336 e. The van der Waals surface area contributed by atoms with Gasteiger partial charge in [0, 0.05) is 15.0 Å². The highest BCUT2D eigenvalue weighted by Crippen LogP contribution is 2.21. The Hall–Kier alpha value is -1.86. The van der Waals surface area contributed by atoms with E-state index in [1.54, 1.807) is 23.5 Å².